The Hall–Kier alpha value is -3.64. The summed E-state index contributed by atoms with van der Waals surface area (Å²) < 4.78 is 3.73. The minimum absolute atomic E-state index is 0.122. The molecule has 0 atom stereocenters. The normalized spacial score (nSPS) is 10.9. The number of aromatic nitrogens is 5. The number of hydrogen-bond acceptors (Lipinski definition) is 6. The van der Waals surface area contributed by atoms with E-state index in [2.05, 4.69) is 26.6 Å². The number of benzene rings is 1. The van der Waals surface area contributed by atoms with Crippen LogP contribution in [0.25, 0.3) is 11.5 Å². The Bertz CT molecular complexity index is 1330. The van der Waals surface area contributed by atoms with Crippen molar-refractivity contribution in [2.75, 3.05) is 11.1 Å². The van der Waals surface area contributed by atoms with Crippen LogP contribution < -0.4 is 5.32 Å². The average molecular weight is 432 g/mol. The molecule has 156 valence electrons. The van der Waals surface area contributed by atoms with E-state index >= 15 is 0 Å². The molecule has 0 bridgehead atoms. The predicted octanol–water partition coefficient (Wildman–Crippen LogP) is 3.75. The zero-order valence-electron chi connectivity index (χ0n) is 17.7. The van der Waals surface area contributed by atoms with Gasteiger partial charge in [-0.2, -0.15) is 5.26 Å². The van der Waals surface area contributed by atoms with Gasteiger partial charge in [0.25, 0.3) is 5.78 Å². The molecule has 31 heavy (non-hydrogen) atoms. The fraction of sp³-hybridized carbons (Fsp3) is 0.227. The molecule has 0 saturated carbocycles. The van der Waals surface area contributed by atoms with E-state index in [1.165, 1.54) is 11.8 Å². The van der Waals surface area contributed by atoms with E-state index in [1.807, 2.05) is 73.1 Å². The lowest BCUT2D eigenvalue weighted by molar-refractivity contribution is -0.113. The molecule has 4 aromatic rings. The first-order valence-corrected chi connectivity index (χ1v) is 10.7. The van der Waals surface area contributed by atoms with Crippen molar-refractivity contribution in [3.63, 3.8) is 0 Å². The average Bonchev–Trinajstić information content (AvgIpc) is 3.26. The minimum atomic E-state index is -0.231. The highest BCUT2D eigenvalue weighted by molar-refractivity contribution is 7.99. The van der Waals surface area contributed by atoms with Crippen LogP contribution in [-0.4, -0.2) is 35.8 Å². The number of amides is 1. The van der Waals surface area contributed by atoms with Gasteiger partial charge in [0.05, 0.1) is 11.3 Å². The molecule has 0 aliphatic heterocycles. The van der Waals surface area contributed by atoms with Crippen molar-refractivity contribution < 1.29 is 4.79 Å². The van der Waals surface area contributed by atoms with Gasteiger partial charge >= 0.3 is 0 Å². The molecule has 1 aromatic carbocycles. The molecule has 0 fully saturated rings. The molecule has 0 aliphatic rings. The lowest BCUT2D eigenvalue weighted by atomic mass is 10.2. The van der Waals surface area contributed by atoms with E-state index in [4.69, 9.17) is 0 Å². The monoisotopic (exact) mass is 431 g/mol. The molecule has 0 saturated heterocycles. The minimum Gasteiger partial charge on any atom is -0.310 e. The molecule has 3 heterocycles. The van der Waals surface area contributed by atoms with Crippen molar-refractivity contribution in [3.05, 3.63) is 64.6 Å². The third-order valence-corrected chi connectivity index (χ3v) is 6.02. The number of aryl methyl sites for hydroxylation is 2. The fourth-order valence-corrected chi connectivity index (χ4v) is 4.34. The lowest BCUT2D eigenvalue weighted by Gasteiger charge is -2.13. The highest BCUT2D eigenvalue weighted by Crippen LogP contribution is 2.30. The van der Waals surface area contributed by atoms with Crippen molar-refractivity contribution in [1.29, 1.82) is 5.26 Å². The third kappa shape index (κ3) is 3.78. The zero-order valence-corrected chi connectivity index (χ0v) is 18.5. The van der Waals surface area contributed by atoms with Gasteiger partial charge in [-0.3, -0.25) is 13.8 Å². The molecule has 0 aliphatic carbocycles. The van der Waals surface area contributed by atoms with Gasteiger partial charge in [0.15, 0.2) is 5.16 Å². The molecule has 9 heteroatoms. The Morgan fingerprint density at radius 3 is 2.61 bits per heavy atom. The van der Waals surface area contributed by atoms with Crippen molar-refractivity contribution in [1.82, 2.24) is 24.1 Å². The summed E-state index contributed by atoms with van der Waals surface area (Å²) in [6.07, 6.45) is 0. The van der Waals surface area contributed by atoms with Crippen molar-refractivity contribution in [2.45, 2.75) is 32.9 Å². The fourth-order valence-electron chi connectivity index (χ4n) is 3.55. The number of fused-ring (bicyclic) bond motifs is 1. The Balaban J connectivity index is 1.60. The number of nitriles is 1. The number of carbonyl (C=O) groups is 1. The summed E-state index contributed by atoms with van der Waals surface area (Å²) >= 11 is 1.28. The first-order chi connectivity index (χ1) is 14.9. The summed E-state index contributed by atoms with van der Waals surface area (Å²) in [5.41, 5.74) is 4.91. The summed E-state index contributed by atoms with van der Waals surface area (Å²) in [6.45, 7) is 7.68. The molecular formula is C22H21N7OS. The van der Waals surface area contributed by atoms with E-state index in [9.17, 15) is 10.1 Å². The van der Waals surface area contributed by atoms with Crippen LogP contribution in [0.3, 0.4) is 0 Å². The second-order valence-corrected chi connectivity index (χ2v) is 8.15. The summed E-state index contributed by atoms with van der Waals surface area (Å²) in [7, 11) is 0. The Morgan fingerprint density at radius 1 is 1.16 bits per heavy atom. The van der Waals surface area contributed by atoms with Crippen LogP contribution in [0.2, 0.25) is 0 Å². The highest BCUT2D eigenvalue weighted by Gasteiger charge is 2.21. The quantitative estimate of drug-likeness (QED) is 0.483. The molecule has 1 amide bonds. The van der Waals surface area contributed by atoms with Crippen LogP contribution >= 0.6 is 11.8 Å². The number of carbonyl (C=O) groups excluding carboxylic acids is 1. The number of nitrogens with one attached hydrogen (secondary N) is 1. The zero-order chi connectivity index (χ0) is 22.1. The maximum atomic E-state index is 12.8. The van der Waals surface area contributed by atoms with Gasteiger partial charge < -0.3 is 5.32 Å². The van der Waals surface area contributed by atoms with Gasteiger partial charge in [-0.1, -0.05) is 30.0 Å². The van der Waals surface area contributed by atoms with Crippen molar-refractivity contribution >= 4 is 29.3 Å². The summed E-state index contributed by atoms with van der Waals surface area (Å²) in [6, 6.07) is 13.8. The Morgan fingerprint density at radius 2 is 1.90 bits per heavy atom. The number of rotatable bonds is 5. The second kappa shape index (κ2) is 8.24. The van der Waals surface area contributed by atoms with Gasteiger partial charge in [-0.15, -0.1) is 10.2 Å². The molecule has 1 N–H and O–H groups in total. The summed E-state index contributed by atoms with van der Waals surface area (Å²) in [4.78, 5) is 17.2. The maximum Gasteiger partial charge on any atom is 0.256 e. The summed E-state index contributed by atoms with van der Waals surface area (Å²) in [5.74, 6) is 0.882. The largest absolute Gasteiger partial charge is 0.310 e. The highest BCUT2D eigenvalue weighted by atomic mass is 32.2. The van der Waals surface area contributed by atoms with E-state index in [0.29, 0.717) is 22.3 Å². The maximum absolute atomic E-state index is 12.8. The van der Waals surface area contributed by atoms with Crippen LogP contribution in [-0.2, 0) is 4.79 Å². The predicted molar refractivity (Wildman–Crippen MR) is 120 cm³/mol. The van der Waals surface area contributed by atoms with Crippen LogP contribution in [0.1, 0.15) is 28.2 Å². The number of para-hydroxylation sites is 1. The molecule has 0 unspecified atom stereocenters. The third-order valence-electron chi connectivity index (χ3n) is 5.09. The van der Waals surface area contributed by atoms with E-state index in [1.54, 1.807) is 0 Å². The molecule has 3 aromatic heterocycles. The number of anilines is 1. The number of nitrogens with zero attached hydrogens (tertiary/aromatic N) is 6. The van der Waals surface area contributed by atoms with Crippen LogP contribution in [0.5, 0.6) is 0 Å². The van der Waals surface area contributed by atoms with Gasteiger partial charge in [0.2, 0.25) is 5.91 Å². The SMILES string of the molecule is Cc1cc(C)n2c(SCC(=O)Nc3c(C#N)c(C)c(C)n3-c3ccccc3)nnc2n1. The van der Waals surface area contributed by atoms with E-state index in [0.717, 1.165) is 28.3 Å². The lowest BCUT2D eigenvalue weighted by Crippen LogP contribution is -2.18. The summed E-state index contributed by atoms with van der Waals surface area (Å²) in [5, 5.41) is 21.5. The number of thioether (sulfide) groups is 1. The molecule has 0 spiro atoms. The number of hydrogen-bond donors (Lipinski definition) is 1. The van der Waals surface area contributed by atoms with Crippen LogP contribution in [0, 0.1) is 39.0 Å². The van der Waals surface area contributed by atoms with Gasteiger partial charge in [0.1, 0.15) is 11.9 Å². The van der Waals surface area contributed by atoms with Gasteiger partial charge in [-0.05, 0) is 51.5 Å². The second-order valence-electron chi connectivity index (χ2n) is 7.21. The van der Waals surface area contributed by atoms with E-state index < -0.39 is 0 Å². The van der Waals surface area contributed by atoms with Crippen LogP contribution in [0.4, 0.5) is 5.82 Å². The first kappa shape index (κ1) is 20.6. The smallest absolute Gasteiger partial charge is 0.256 e. The molecule has 8 nitrogen and oxygen atoms in total. The van der Waals surface area contributed by atoms with Crippen LogP contribution in [0.15, 0.2) is 41.6 Å². The van der Waals surface area contributed by atoms with Gasteiger partial charge in [0, 0.05) is 22.8 Å². The molecule has 4 rings (SSSR count). The van der Waals surface area contributed by atoms with Crippen molar-refractivity contribution in [2.24, 2.45) is 0 Å². The molecule has 0 radical (unpaired) electrons. The molecular weight excluding hydrogens is 410 g/mol. The van der Waals surface area contributed by atoms with Gasteiger partial charge in [-0.25, -0.2) is 4.98 Å². The standard InChI is InChI=1S/C22H21N7OS/c1-13-10-14(2)28-21(24-13)26-27-22(28)31-12-19(30)25-20-18(11-23)15(3)16(4)29(20)17-8-6-5-7-9-17/h5-10H,12H2,1-4H3,(H,25,30). The van der Waals surface area contributed by atoms with E-state index in [-0.39, 0.29) is 11.7 Å². The Kier molecular flexibility index (Phi) is 5.48. The topological polar surface area (TPSA) is 101 Å². The van der Waals surface area contributed by atoms with Crippen molar-refractivity contribution in [3.8, 4) is 11.8 Å². The Labute approximate surface area is 183 Å². The first-order valence-electron chi connectivity index (χ1n) is 9.70.